The molecule has 0 N–H and O–H groups in total. The number of thiophene rings is 1. The number of fused-ring (bicyclic) bond motifs is 1. The molecular weight excluding hydrogens is 224 g/mol. The first-order valence-electron chi connectivity index (χ1n) is 6.66. The van der Waals surface area contributed by atoms with Gasteiger partial charge >= 0.3 is 0 Å². The highest BCUT2D eigenvalue weighted by molar-refractivity contribution is 7.17. The molecule has 0 aliphatic carbocycles. The van der Waals surface area contributed by atoms with Gasteiger partial charge in [0.2, 0.25) is 0 Å². The van der Waals surface area contributed by atoms with E-state index in [0.717, 1.165) is 5.92 Å². The van der Waals surface area contributed by atoms with Crippen molar-refractivity contribution in [1.29, 1.82) is 0 Å². The van der Waals surface area contributed by atoms with Gasteiger partial charge in [0.05, 0.1) is 0 Å². The van der Waals surface area contributed by atoms with Crippen LogP contribution in [0.2, 0.25) is 0 Å². The summed E-state index contributed by atoms with van der Waals surface area (Å²) < 4.78 is 1.37. The van der Waals surface area contributed by atoms with Gasteiger partial charge in [-0.2, -0.15) is 0 Å². The zero-order chi connectivity index (χ0) is 12.5. The Morgan fingerprint density at radius 3 is 2.47 bits per heavy atom. The Labute approximate surface area is 110 Å². The summed E-state index contributed by atoms with van der Waals surface area (Å²) in [7, 11) is 0. The highest BCUT2D eigenvalue weighted by atomic mass is 32.1. The van der Waals surface area contributed by atoms with Crippen LogP contribution in [-0.2, 0) is 0 Å². The summed E-state index contributed by atoms with van der Waals surface area (Å²) >= 11 is 1.79. The molecule has 0 atom stereocenters. The zero-order valence-corrected chi connectivity index (χ0v) is 12.1. The van der Waals surface area contributed by atoms with Crippen LogP contribution in [0.3, 0.4) is 0 Å². The predicted molar refractivity (Wildman–Crippen MR) is 80.8 cm³/mol. The fraction of sp³-hybridized carbons (Fsp3) is 0.500. The Balaban J connectivity index is 0.000000172. The molecule has 1 heteroatoms. The molecule has 0 fully saturated rings. The van der Waals surface area contributed by atoms with Crippen LogP contribution >= 0.6 is 11.3 Å². The smallest absolute Gasteiger partial charge is 0.0342 e. The van der Waals surface area contributed by atoms with Crippen molar-refractivity contribution in [3.8, 4) is 0 Å². The molecule has 1 aromatic heterocycles. The van der Waals surface area contributed by atoms with Gasteiger partial charge in [-0.1, -0.05) is 64.7 Å². The second-order valence-corrected chi connectivity index (χ2v) is 5.80. The summed E-state index contributed by atoms with van der Waals surface area (Å²) in [6, 6.07) is 10.5. The van der Waals surface area contributed by atoms with E-state index >= 15 is 0 Å². The van der Waals surface area contributed by atoms with Crippen molar-refractivity contribution >= 4 is 21.4 Å². The third-order valence-corrected chi connectivity index (χ3v) is 3.64. The maximum Gasteiger partial charge on any atom is 0.0342 e. The third-order valence-electron chi connectivity index (χ3n) is 2.75. The molecule has 2 rings (SSSR count). The third kappa shape index (κ3) is 5.88. The van der Waals surface area contributed by atoms with Crippen molar-refractivity contribution < 1.29 is 0 Å². The molecule has 0 aliphatic heterocycles. The van der Waals surface area contributed by atoms with E-state index in [9.17, 15) is 0 Å². The van der Waals surface area contributed by atoms with Crippen LogP contribution < -0.4 is 0 Å². The molecule has 0 nitrogen and oxygen atoms in total. The minimum absolute atomic E-state index is 0.904. The number of unbranched alkanes of at least 4 members (excludes halogenated alkanes) is 2. The molecule has 1 heterocycles. The second kappa shape index (κ2) is 8.30. The van der Waals surface area contributed by atoms with E-state index in [1.807, 2.05) is 0 Å². The summed E-state index contributed by atoms with van der Waals surface area (Å²) in [6.07, 6.45) is 5.60. The minimum Gasteiger partial charge on any atom is -0.144 e. The first-order chi connectivity index (χ1) is 8.24. The van der Waals surface area contributed by atoms with Crippen LogP contribution in [0.4, 0.5) is 0 Å². The lowest BCUT2D eigenvalue weighted by Crippen LogP contribution is -1.85. The standard InChI is InChI=1S/C8H6S.C8H18/c1-2-4-8-7(3-1)5-6-9-8;1-4-5-6-7-8(2)3/h1-6H;8H,4-7H2,1-3H3. The van der Waals surface area contributed by atoms with Gasteiger partial charge < -0.3 is 0 Å². The number of hydrogen-bond acceptors (Lipinski definition) is 1. The molecule has 0 bridgehead atoms. The number of benzene rings is 1. The van der Waals surface area contributed by atoms with E-state index in [1.165, 1.54) is 35.8 Å². The lowest BCUT2D eigenvalue weighted by atomic mass is 10.1. The SMILES string of the molecule is CCCCCC(C)C.c1ccc2sccc2c1. The quantitative estimate of drug-likeness (QED) is 0.571. The van der Waals surface area contributed by atoms with Crippen LogP contribution in [0, 0.1) is 5.92 Å². The first-order valence-corrected chi connectivity index (χ1v) is 7.54. The average Bonchev–Trinajstić information content (AvgIpc) is 2.78. The van der Waals surface area contributed by atoms with Crippen molar-refractivity contribution in [3.63, 3.8) is 0 Å². The Morgan fingerprint density at radius 2 is 1.82 bits per heavy atom. The molecule has 2 aromatic rings. The van der Waals surface area contributed by atoms with Crippen LogP contribution in [0.15, 0.2) is 35.7 Å². The van der Waals surface area contributed by atoms with Crippen molar-refractivity contribution in [2.24, 2.45) is 5.92 Å². The van der Waals surface area contributed by atoms with Gasteiger partial charge in [-0.3, -0.25) is 0 Å². The minimum atomic E-state index is 0.904. The maximum atomic E-state index is 2.29. The molecule has 0 saturated carbocycles. The fourth-order valence-electron chi connectivity index (χ4n) is 1.71. The van der Waals surface area contributed by atoms with Crippen LogP contribution in [0.25, 0.3) is 10.1 Å². The van der Waals surface area contributed by atoms with Gasteiger partial charge in [0.25, 0.3) is 0 Å². The molecule has 0 saturated heterocycles. The zero-order valence-electron chi connectivity index (χ0n) is 11.3. The highest BCUT2D eigenvalue weighted by Crippen LogP contribution is 2.18. The average molecular weight is 248 g/mol. The lowest BCUT2D eigenvalue weighted by molar-refractivity contribution is 0.534. The molecule has 0 spiro atoms. The molecule has 17 heavy (non-hydrogen) atoms. The summed E-state index contributed by atoms with van der Waals surface area (Å²) in [5.74, 6) is 0.904. The van der Waals surface area contributed by atoms with E-state index in [2.05, 4.69) is 56.5 Å². The van der Waals surface area contributed by atoms with Gasteiger partial charge in [-0.25, -0.2) is 0 Å². The molecule has 1 aromatic carbocycles. The largest absolute Gasteiger partial charge is 0.144 e. The van der Waals surface area contributed by atoms with Crippen molar-refractivity contribution in [2.75, 3.05) is 0 Å². The number of hydrogen-bond donors (Lipinski definition) is 0. The summed E-state index contributed by atoms with van der Waals surface area (Å²) in [6.45, 7) is 6.83. The van der Waals surface area contributed by atoms with Crippen LogP contribution in [-0.4, -0.2) is 0 Å². The second-order valence-electron chi connectivity index (χ2n) is 4.85. The molecule has 94 valence electrons. The van der Waals surface area contributed by atoms with E-state index in [1.54, 1.807) is 11.3 Å². The van der Waals surface area contributed by atoms with Gasteiger partial charge in [-0.05, 0) is 28.8 Å². The van der Waals surface area contributed by atoms with E-state index in [4.69, 9.17) is 0 Å². The van der Waals surface area contributed by atoms with Crippen molar-refractivity contribution in [3.05, 3.63) is 35.7 Å². The van der Waals surface area contributed by atoms with Crippen LogP contribution in [0.5, 0.6) is 0 Å². The van der Waals surface area contributed by atoms with Gasteiger partial charge in [-0.15, -0.1) is 11.3 Å². The molecule has 0 radical (unpaired) electrons. The Kier molecular flexibility index (Phi) is 6.95. The van der Waals surface area contributed by atoms with E-state index in [0.29, 0.717) is 0 Å². The summed E-state index contributed by atoms with van der Waals surface area (Å²) in [5.41, 5.74) is 0. The maximum absolute atomic E-state index is 2.29. The van der Waals surface area contributed by atoms with Crippen molar-refractivity contribution in [2.45, 2.75) is 46.5 Å². The topological polar surface area (TPSA) is 0 Å². The summed E-state index contributed by atoms with van der Waals surface area (Å²) in [5, 5.41) is 3.47. The first kappa shape index (κ1) is 14.2. The summed E-state index contributed by atoms with van der Waals surface area (Å²) in [4.78, 5) is 0. The van der Waals surface area contributed by atoms with E-state index in [-0.39, 0.29) is 0 Å². The van der Waals surface area contributed by atoms with Gasteiger partial charge in [0.15, 0.2) is 0 Å². The number of rotatable bonds is 4. The van der Waals surface area contributed by atoms with E-state index < -0.39 is 0 Å². The van der Waals surface area contributed by atoms with Crippen molar-refractivity contribution in [1.82, 2.24) is 0 Å². The predicted octanol–water partition coefficient (Wildman–Crippen LogP) is 6.12. The highest BCUT2D eigenvalue weighted by Gasteiger charge is 1.90. The molecule has 0 unspecified atom stereocenters. The molecular formula is C16H24S. The lowest BCUT2D eigenvalue weighted by Gasteiger charge is -2.00. The Morgan fingerprint density at radius 1 is 1.06 bits per heavy atom. The monoisotopic (exact) mass is 248 g/mol. The Hall–Kier alpha value is -0.820. The molecule has 0 aliphatic rings. The molecule has 0 amide bonds. The fourth-order valence-corrected chi connectivity index (χ4v) is 2.50. The van der Waals surface area contributed by atoms with Gasteiger partial charge in [0.1, 0.15) is 0 Å². The Bertz CT molecular complexity index is 370. The normalized spacial score (nSPS) is 10.4. The van der Waals surface area contributed by atoms with Gasteiger partial charge in [0, 0.05) is 4.70 Å². The van der Waals surface area contributed by atoms with Crippen LogP contribution in [0.1, 0.15) is 46.5 Å².